The summed E-state index contributed by atoms with van der Waals surface area (Å²) in [7, 11) is 0. The molecule has 0 aromatic heterocycles. The fourth-order valence-corrected chi connectivity index (χ4v) is 3.55. The first-order valence-corrected chi connectivity index (χ1v) is 8.63. The van der Waals surface area contributed by atoms with Crippen molar-refractivity contribution in [2.75, 3.05) is 18.0 Å². The van der Waals surface area contributed by atoms with Crippen molar-refractivity contribution < 1.29 is 19.2 Å². The molecule has 1 unspecified atom stereocenters. The van der Waals surface area contributed by atoms with Crippen LogP contribution in [0.25, 0.3) is 0 Å². The molecule has 0 aliphatic carbocycles. The molecule has 0 spiro atoms. The second-order valence-electron chi connectivity index (χ2n) is 6.24. The number of anilines is 1. The van der Waals surface area contributed by atoms with Crippen molar-refractivity contribution in [3.8, 4) is 0 Å². The Morgan fingerprint density at radius 1 is 1.00 bits per heavy atom. The zero-order chi connectivity index (χ0) is 18.3. The summed E-state index contributed by atoms with van der Waals surface area (Å²) in [4.78, 5) is 44.2. The Morgan fingerprint density at radius 3 is 2.27 bits per heavy atom. The Morgan fingerprint density at radius 2 is 1.62 bits per heavy atom. The molecule has 2 amide bonds. The van der Waals surface area contributed by atoms with E-state index in [-0.39, 0.29) is 11.1 Å². The summed E-state index contributed by atoms with van der Waals surface area (Å²) < 4.78 is 0. The van der Waals surface area contributed by atoms with Gasteiger partial charge in [0.05, 0.1) is 27.8 Å². The normalized spacial score (nSPS) is 19.0. The van der Waals surface area contributed by atoms with Crippen LogP contribution in [0.1, 0.15) is 27.1 Å². The lowest BCUT2D eigenvalue weighted by Crippen LogP contribution is -2.36. The molecule has 1 saturated heterocycles. The van der Waals surface area contributed by atoms with Gasteiger partial charge in [0.25, 0.3) is 11.8 Å². The van der Waals surface area contributed by atoms with Gasteiger partial charge in [-0.05, 0) is 30.7 Å². The van der Waals surface area contributed by atoms with Crippen molar-refractivity contribution in [3.05, 3.63) is 64.7 Å². The summed E-state index contributed by atoms with van der Waals surface area (Å²) in [5.74, 6) is -2.25. The lowest BCUT2D eigenvalue weighted by molar-refractivity contribution is -0.172. The van der Waals surface area contributed by atoms with Gasteiger partial charge in [0, 0.05) is 13.1 Å². The molecule has 26 heavy (non-hydrogen) atoms. The maximum absolute atomic E-state index is 12.5. The molecule has 1 atom stereocenters. The first-order chi connectivity index (χ1) is 12.6. The monoisotopic (exact) mass is 370 g/mol. The highest BCUT2D eigenvalue weighted by Gasteiger charge is 2.40. The van der Waals surface area contributed by atoms with Gasteiger partial charge in [-0.15, -0.1) is 0 Å². The molecule has 0 N–H and O–H groups in total. The van der Waals surface area contributed by atoms with Crippen molar-refractivity contribution in [1.82, 2.24) is 5.06 Å². The summed E-state index contributed by atoms with van der Waals surface area (Å²) in [5, 5.41) is 1.17. The Bertz CT molecular complexity index is 879. The van der Waals surface area contributed by atoms with Gasteiger partial charge in [0.15, 0.2) is 0 Å². The minimum Gasteiger partial charge on any atom is -0.369 e. The van der Waals surface area contributed by atoms with E-state index in [0.717, 1.165) is 5.69 Å². The number of halogens is 1. The first kappa shape index (κ1) is 16.6. The largest absolute Gasteiger partial charge is 0.369 e. The van der Waals surface area contributed by atoms with E-state index in [2.05, 4.69) is 0 Å². The Balaban J connectivity index is 1.45. The van der Waals surface area contributed by atoms with Crippen LogP contribution in [0.15, 0.2) is 48.5 Å². The van der Waals surface area contributed by atoms with Gasteiger partial charge in [-0.3, -0.25) is 9.59 Å². The van der Waals surface area contributed by atoms with Crippen LogP contribution in [0, 0.1) is 5.92 Å². The maximum Gasteiger partial charge on any atom is 0.338 e. The molecular formula is C19H15ClN2O4. The zero-order valence-corrected chi connectivity index (χ0v) is 14.5. The zero-order valence-electron chi connectivity index (χ0n) is 13.7. The van der Waals surface area contributed by atoms with Crippen LogP contribution in [0.2, 0.25) is 5.02 Å². The van der Waals surface area contributed by atoms with Crippen LogP contribution in [0.5, 0.6) is 0 Å². The standard InChI is InChI=1S/C19H15ClN2O4/c20-15-7-3-4-8-16(15)21-10-9-12(11-21)19(25)26-22-17(23)13-5-1-2-6-14(13)18(22)24/h1-8,12H,9-11H2. The average molecular weight is 371 g/mol. The number of benzene rings is 2. The number of amides is 2. The molecular weight excluding hydrogens is 356 g/mol. The SMILES string of the molecule is O=C(ON1C(=O)c2ccccc2C1=O)C1CCN(c2ccccc2Cl)C1. The molecule has 0 saturated carbocycles. The number of para-hydroxylation sites is 1. The summed E-state index contributed by atoms with van der Waals surface area (Å²) in [5.41, 5.74) is 1.34. The summed E-state index contributed by atoms with van der Waals surface area (Å²) in [6.07, 6.45) is 0.563. The Labute approximate surface area is 154 Å². The molecule has 4 rings (SSSR count). The molecule has 2 aliphatic heterocycles. The molecule has 132 valence electrons. The second kappa shape index (κ2) is 6.46. The number of fused-ring (bicyclic) bond motifs is 1. The van der Waals surface area contributed by atoms with Crippen LogP contribution >= 0.6 is 11.6 Å². The van der Waals surface area contributed by atoms with Gasteiger partial charge < -0.3 is 9.74 Å². The van der Waals surface area contributed by atoms with E-state index < -0.39 is 23.7 Å². The number of carbonyl (C=O) groups excluding carboxylic acids is 3. The number of rotatable bonds is 3. The predicted octanol–water partition coefficient (Wildman–Crippen LogP) is 2.92. The highest BCUT2D eigenvalue weighted by atomic mass is 35.5. The minimum absolute atomic E-state index is 0.245. The van der Waals surface area contributed by atoms with E-state index in [1.54, 1.807) is 18.2 Å². The molecule has 2 heterocycles. The highest BCUT2D eigenvalue weighted by molar-refractivity contribution is 6.33. The predicted molar refractivity (Wildman–Crippen MR) is 94.8 cm³/mol. The van der Waals surface area contributed by atoms with Gasteiger partial charge >= 0.3 is 5.97 Å². The van der Waals surface area contributed by atoms with Gasteiger partial charge in [-0.2, -0.15) is 0 Å². The van der Waals surface area contributed by atoms with Gasteiger partial charge in [0.1, 0.15) is 0 Å². The van der Waals surface area contributed by atoms with E-state index in [1.807, 2.05) is 23.1 Å². The number of nitrogens with zero attached hydrogens (tertiary/aromatic N) is 2. The third-order valence-corrected chi connectivity index (χ3v) is 4.97. The fourth-order valence-electron chi connectivity index (χ4n) is 3.29. The van der Waals surface area contributed by atoms with Crippen molar-refractivity contribution in [2.24, 2.45) is 5.92 Å². The lowest BCUT2D eigenvalue weighted by Gasteiger charge is -2.20. The van der Waals surface area contributed by atoms with Gasteiger partial charge in [-0.25, -0.2) is 4.79 Å². The van der Waals surface area contributed by atoms with E-state index >= 15 is 0 Å². The number of carbonyl (C=O) groups is 3. The molecule has 7 heteroatoms. The molecule has 6 nitrogen and oxygen atoms in total. The van der Waals surface area contributed by atoms with Crippen LogP contribution in [-0.4, -0.2) is 35.9 Å². The molecule has 1 fully saturated rings. The summed E-state index contributed by atoms with van der Waals surface area (Å²) in [6, 6.07) is 13.8. The minimum atomic E-state index is -0.611. The quantitative estimate of drug-likeness (QED) is 0.777. The molecule has 0 radical (unpaired) electrons. The van der Waals surface area contributed by atoms with Gasteiger partial charge in [0.2, 0.25) is 0 Å². The smallest absolute Gasteiger partial charge is 0.338 e. The summed E-state index contributed by atoms with van der Waals surface area (Å²) >= 11 is 6.20. The Hall–Kier alpha value is -2.86. The highest BCUT2D eigenvalue weighted by Crippen LogP contribution is 2.31. The van der Waals surface area contributed by atoms with Crippen LogP contribution in [-0.2, 0) is 9.63 Å². The molecule has 2 aromatic rings. The fraction of sp³-hybridized carbons (Fsp3) is 0.211. The third-order valence-electron chi connectivity index (χ3n) is 4.65. The first-order valence-electron chi connectivity index (χ1n) is 8.25. The number of hydroxylamine groups is 2. The van der Waals surface area contributed by atoms with E-state index in [9.17, 15) is 14.4 Å². The second-order valence-corrected chi connectivity index (χ2v) is 6.65. The van der Waals surface area contributed by atoms with Crippen LogP contribution < -0.4 is 4.90 Å². The van der Waals surface area contributed by atoms with E-state index in [1.165, 1.54) is 12.1 Å². The van der Waals surface area contributed by atoms with Crippen LogP contribution in [0.3, 0.4) is 0 Å². The molecule has 2 aliphatic rings. The third kappa shape index (κ3) is 2.72. The van der Waals surface area contributed by atoms with Gasteiger partial charge in [-0.1, -0.05) is 40.9 Å². The van der Waals surface area contributed by atoms with Crippen molar-refractivity contribution >= 4 is 35.1 Å². The maximum atomic E-state index is 12.5. The topological polar surface area (TPSA) is 66.9 Å². The van der Waals surface area contributed by atoms with Crippen molar-refractivity contribution in [2.45, 2.75) is 6.42 Å². The average Bonchev–Trinajstić information content (AvgIpc) is 3.23. The molecule has 2 aromatic carbocycles. The van der Waals surface area contributed by atoms with E-state index in [0.29, 0.717) is 29.6 Å². The van der Waals surface area contributed by atoms with E-state index in [4.69, 9.17) is 16.4 Å². The van der Waals surface area contributed by atoms with Crippen molar-refractivity contribution in [3.63, 3.8) is 0 Å². The Kier molecular flexibility index (Phi) is 4.12. The van der Waals surface area contributed by atoms with Crippen LogP contribution in [0.4, 0.5) is 5.69 Å². The molecule has 0 bridgehead atoms. The van der Waals surface area contributed by atoms with Crippen molar-refractivity contribution in [1.29, 1.82) is 0 Å². The number of imide groups is 1. The lowest BCUT2D eigenvalue weighted by atomic mass is 10.1. The number of hydrogen-bond acceptors (Lipinski definition) is 5. The number of hydrogen-bond donors (Lipinski definition) is 0. The summed E-state index contributed by atoms with van der Waals surface area (Å²) in [6.45, 7) is 1.07.